The highest BCUT2D eigenvalue weighted by Gasteiger charge is 2.32. The van der Waals surface area contributed by atoms with Gasteiger partial charge in [-0.15, -0.1) is 10.2 Å². The minimum atomic E-state index is -4.49. The van der Waals surface area contributed by atoms with E-state index in [0.717, 1.165) is 12.1 Å². The van der Waals surface area contributed by atoms with Crippen molar-refractivity contribution in [1.82, 2.24) is 20.4 Å². The van der Waals surface area contributed by atoms with Crippen LogP contribution in [0, 0.1) is 0 Å². The highest BCUT2D eigenvalue weighted by Crippen LogP contribution is 2.31. The van der Waals surface area contributed by atoms with Gasteiger partial charge in [-0.3, -0.25) is 9.59 Å². The number of aromatic nitrogens is 2. The highest BCUT2D eigenvalue weighted by atomic mass is 32.2. The summed E-state index contributed by atoms with van der Waals surface area (Å²) in [5.74, 6) is -0.236. The van der Waals surface area contributed by atoms with Crippen LogP contribution in [0.15, 0.2) is 28.6 Å². The lowest BCUT2D eigenvalue weighted by Crippen LogP contribution is -2.48. The molecule has 0 atom stereocenters. The Bertz CT molecular complexity index is 927. The first-order valence-corrected chi connectivity index (χ1v) is 11.4. The summed E-state index contributed by atoms with van der Waals surface area (Å²) in [4.78, 5) is 27.9. The number of carbonyl (C=O) groups is 2. The number of hydrogen-bond acceptors (Lipinski definition) is 7. The van der Waals surface area contributed by atoms with Crippen LogP contribution in [0.2, 0.25) is 0 Å². The molecule has 0 bridgehead atoms. The van der Waals surface area contributed by atoms with Gasteiger partial charge in [0.15, 0.2) is 4.34 Å². The summed E-state index contributed by atoms with van der Waals surface area (Å²) in [6.07, 6.45) is -4.49. The Morgan fingerprint density at radius 2 is 1.90 bits per heavy atom. The zero-order valence-corrected chi connectivity index (χ0v) is 18.6. The van der Waals surface area contributed by atoms with Crippen molar-refractivity contribution in [3.8, 4) is 0 Å². The molecule has 3 rings (SSSR count). The van der Waals surface area contributed by atoms with Crippen LogP contribution in [0.1, 0.15) is 29.8 Å². The fourth-order valence-corrected chi connectivity index (χ4v) is 4.70. The maximum absolute atomic E-state index is 12.9. The van der Waals surface area contributed by atoms with Crippen LogP contribution in [0.25, 0.3) is 0 Å². The summed E-state index contributed by atoms with van der Waals surface area (Å²) in [5.41, 5.74) is -0.810. The van der Waals surface area contributed by atoms with Crippen molar-refractivity contribution in [3.05, 3.63) is 35.4 Å². The molecule has 0 spiro atoms. The lowest BCUT2D eigenvalue weighted by Gasteiger charge is -2.34. The lowest BCUT2D eigenvalue weighted by molar-refractivity contribution is -0.137. The molecule has 7 nitrogen and oxygen atoms in total. The van der Waals surface area contributed by atoms with E-state index in [1.165, 1.54) is 35.2 Å². The molecular weight excluding hydrogens is 451 g/mol. The Hall–Kier alpha value is -2.34. The van der Waals surface area contributed by atoms with Crippen LogP contribution in [0.5, 0.6) is 0 Å². The molecule has 1 N–H and O–H groups in total. The van der Waals surface area contributed by atoms with E-state index in [9.17, 15) is 22.8 Å². The molecule has 1 aliphatic rings. The van der Waals surface area contributed by atoms with E-state index in [2.05, 4.69) is 15.5 Å². The third-order valence-corrected chi connectivity index (χ3v) is 6.56. The van der Waals surface area contributed by atoms with Gasteiger partial charge in [0.2, 0.25) is 11.0 Å². The van der Waals surface area contributed by atoms with Crippen molar-refractivity contribution in [2.45, 2.75) is 30.4 Å². The van der Waals surface area contributed by atoms with Crippen molar-refractivity contribution < 1.29 is 22.8 Å². The zero-order valence-electron chi connectivity index (χ0n) is 17.0. The quantitative estimate of drug-likeness (QED) is 0.650. The molecule has 168 valence electrons. The second-order valence-corrected chi connectivity index (χ2v) is 9.40. The number of thioether (sulfide) groups is 1. The van der Waals surface area contributed by atoms with E-state index in [4.69, 9.17) is 0 Å². The third kappa shape index (κ3) is 6.33. The van der Waals surface area contributed by atoms with E-state index in [1.54, 1.807) is 4.90 Å². The Morgan fingerprint density at radius 3 is 2.55 bits per heavy atom. The van der Waals surface area contributed by atoms with Gasteiger partial charge >= 0.3 is 6.18 Å². The number of carbonyl (C=O) groups excluding carboxylic acids is 2. The minimum Gasteiger partial charge on any atom is -0.353 e. The molecular formula is C19H22F3N5O2S2. The number of alkyl halides is 3. The first-order chi connectivity index (χ1) is 14.6. The number of nitrogens with zero attached hydrogens (tertiary/aromatic N) is 4. The maximum Gasteiger partial charge on any atom is 0.416 e. The van der Waals surface area contributed by atoms with Gasteiger partial charge in [-0.2, -0.15) is 13.2 Å². The first kappa shape index (κ1) is 23.3. The van der Waals surface area contributed by atoms with Crippen molar-refractivity contribution >= 4 is 40.0 Å². The number of nitrogens with one attached hydrogen (secondary N) is 1. The van der Waals surface area contributed by atoms with Crippen LogP contribution >= 0.6 is 23.1 Å². The Kier molecular flexibility index (Phi) is 7.42. The predicted octanol–water partition coefficient (Wildman–Crippen LogP) is 3.14. The van der Waals surface area contributed by atoms with Gasteiger partial charge in [0, 0.05) is 37.8 Å². The Balaban J connectivity index is 1.54. The van der Waals surface area contributed by atoms with Crippen molar-refractivity contribution in [1.29, 1.82) is 0 Å². The molecule has 0 unspecified atom stereocenters. The minimum absolute atomic E-state index is 0.0255. The van der Waals surface area contributed by atoms with Crippen molar-refractivity contribution in [2.75, 3.05) is 36.8 Å². The van der Waals surface area contributed by atoms with E-state index in [0.29, 0.717) is 35.7 Å². The predicted molar refractivity (Wildman–Crippen MR) is 113 cm³/mol. The van der Waals surface area contributed by atoms with Crippen LogP contribution < -0.4 is 10.2 Å². The molecule has 1 aromatic carbocycles. The lowest BCUT2D eigenvalue weighted by atomic mass is 10.1. The largest absolute Gasteiger partial charge is 0.416 e. The van der Waals surface area contributed by atoms with E-state index >= 15 is 0 Å². The number of piperazine rings is 1. The Morgan fingerprint density at radius 1 is 1.19 bits per heavy atom. The molecule has 31 heavy (non-hydrogen) atoms. The first-order valence-electron chi connectivity index (χ1n) is 9.60. The topological polar surface area (TPSA) is 78.4 Å². The molecule has 1 fully saturated rings. The number of benzene rings is 1. The van der Waals surface area contributed by atoms with Crippen LogP contribution in [0.3, 0.4) is 0 Å². The monoisotopic (exact) mass is 473 g/mol. The van der Waals surface area contributed by atoms with Gasteiger partial charge in [-0.05, 0) is 32.0 Å². The van der Waals surface area contributed by atoms with Crippen molar-refractivity contribution in [3.63, 3.8) is 0 Å². The maximum atomic E-state index is 12.9. The van der Waals surface area contributed by atoms with Gasteiger partial charge in [0.05, 0.1) is 11.3 Å². The average molecular weight is 474 g/mol. The number of amides is 2. The number of rotatable bonds is 6. The van der Waals surface area contributed by atoms with E-state index in [-0.39, 0.29) is 23.3 Å². The molecule has 1 saturated heterocycles. The fourth-order valence-electron chi connectivity index (χ4n) is 2.99. The van der Waals surface area contributed by atoms with Crippen molar-refractivity contribution in [2.24, 2.45) is 0 Å². The molecule has 1 aliphatic heterocycles. The summed E-state index contributed by atoms with van der Waals surface area (Å²) in [6, 6.07) is 4.56. The number of hydrogen-bond donors (Lipinski definition) is 1. The van der Waals surface area contributed by atoms with Crippen LogP contribution in [-0.2, 0) is 11.0 Å². The Labute approximate surface area is 186 Å². The third-order valence-electron chi connectivity index (χ3n) is 4.45. The standard InChI is InChI=1S/C19H22F3N5O2S2/c1-12(2)23-15(28)11-30-18-25-24-17(31-18)27-8-6-26(7-9-27)16(29)13-4-3-5-14(10-13)19(20,21)22/h3-5,10,12H,6-9,11H2,1-2H3,(H,23,28). The van der Waals surface area contributed by atoms with Crippen LogP contribution in [-0.4, -0.2) is 64.9 Å². The molecule has 0 saturated carbocycles. The van der Waals surface area contributed by atoms with Gasteiger partial charge in [0.25, 0.3) is 5.91 Å². The molecule has 2 heterocycles. The smallest absolute Gasteiger partial charge is 0.353 e. The summed E-state index contributed by atoms with van der Waals surface area (Å²) < 4.78 is 39.4. The normalized spacial score (nSPS) is 14.8. The van der Waals surface area contributed by atoms with Gasteiger partial charge in [-0.1, -0.05) is 29.2 Å². The highest BCUT2D eigenvalue weighted by molar-refractivity contribution is 8.01. The summed E-state index contributed by atoms with van der Waals surface area (Å²) in [7, 11) is 0. The van der Waals surface area contributed by atoms with Gasteiger partial charge < -0.3 is 15.1 Å². The SMILES string of the molecule is CC(C)NC(=O)CSc1nnc(N2CCN(C(=O)c3cccc(C(F)(F)F)c3)CC2)s1. The second-order valence-electron chi connectivity index (χ2n) is 7.22. The summed E-state index contributed by atoms with van der Waals surface area (Å²) in [5, 5.41) is 11.8. The van der Waals surface area contributed by atoms with Gasteiger partial charge in [-0.25, -0.2) is 0 Å². The fraction of sp³-hybridized carbons (Fsp3) is 0.474. The molecule has 0 aliphatic carbocycles. The second kappa shape index (κ2) is 9.86. The summed E-state index contributed by atoms with van der Waals surface area (Å²) >= 11 is 2.68. The number of halogens is 3. The van der Waals surface area contributed by atoms with Gasteiger partial charge in [0.1, 0.15) is 0 Å². The molecule has 1 aromatic heterocycles. The molecule has 12 heteroatoms. The molecule has 2 amide bonds. The summed E-state index contributed by atoms with van der Waals surface area (Å²) in [6.45, 7) is 5.52. The van der Waals surface area contributed by atoms with E-state index in [1.807, 2.05) is 18.7 Å². The number of anilines is 1. The van der Waals surface area contributed by atoms with E-state index < -0.39 is 17.6 Å². The zero-order chi connectivity index (χ0) is 22.6. The molecule has 2 aromatic rings. The molecule has 0 radical (unpaired) electrons. The average Bonchev–Trinajstić information content (AvgIpc) is 3.20. The van der Waals surface area contributed by atoms with Crippen LogP contribution in [0.4, 0.5) is 18.3 Å².